The van der Waals surface area contributed by atoms with Crippen molar-refractivity contribution in [1.82, 2.24) is 0 Å². The summed E-state index contributed by atoms with van der Waals surface area (Å²) in [5, 5.41) is 0. The molecule has 0 spiro atoms. The van der Waals surface area contributed by atoms with E-state index in [1.54, 1.807) is 0 Å². The lowest BCUT2D eigenvalue weighted by molar-refractivity contribution is 0.678. The van der Waals surface area contributed by atoms with Crippen LogP contribution < -0.4 is 4.90 Å². The van der Waals surface area contributed by atoms with Crippen molar-refractivity contribution in [2.24, 2.45) is 11.8 Å². The van der Waals surface area contributed by atoms with Gasteiger partial charge in [-0.25, -0.2) is 0 Å². The van der Waals surface area contributed by atoms with Crippen LogP contribution in [0, 0.1) is 11.8 Å². The molecule has 0 bridgehead atoms. The third-order valence-electron chi connectivity index (χ3n) is 6.85. The van der Waals surface area contributed by atoms with Gasteiger partial charge >= 0.3 is 0 Å². The van der Waals surface area contributed by atoms with Gasteiger partial charge in [-0.3, -0.25) is 0 Å². The molecule has 35 heavy (non-hydrogen) atoms. The van der Waals surface area contributed by atoms with Gasteiger partial charge in [0.2, 0.25) is 0 Å². The number of rotatable bonds is 5. The van der Waals surface area contributed by atoms with Crippen LogP contribution in [-0.2, 0) is 0 Å². The van der Waals surface area contributed by atoms with Gasteiger partial charge < -0.3 is 4.90 Å². The highest BCUT2D eigenvalue weighted by Gasteiger charge is 2.23. The van der Waals surface area contributed by atoms with Gasteiger partial charge in [0.05, 0.1) is 0 Å². The molecular weight excluding hydrogens is 422 g/mol. The zero-order chi connectivity index (χ0) is 23.5. The molecule has 168 valence electrons. The molecule has 4 aromatic carbocycles. The largest absolute Gasteiger partial charge is 0.311 e. The second-order valence-electron chi connectivity index (χ2n) is 9.01. The fourth-order valence-electron chi connectivity index (χ4n) is 5.07. The van der Waals surface area contributed by atoms with Gasteiger partial charge in [-0.15, -0.1) is 0 Å². The van der Waals surface area contributed by atoms with Crippen molar-refractivity contribution in [2.75, 3.05) is 4.90 Å². The van der Waals surface area contributed by atoms with Gasteiger partial charge in [-0.2, -0.15) is 0 Å². The van der Waals surface area contributed by atoms with Gasteiger partial charge in [0.25, 0.3) is 0 Å². The lowest BCUT2D eigenvalue weighted by Gasteiger charge is -2.28. The Balaban J connectivity index is 1.35. The minimum Gasteiger partial charge on any atom is -0.311 e. The molecule has 1 nitrogen and oxygen atoms in total. The number of benzene rings is 4. The fraction of sp³-hybridized carbons (Fsp3) is 0.0588. The molecule has 0 fully saturated rings. The van der Waals surface area contributed by atoms with Crippen LogP contribution in [0.2, 0.25) is 0 Å². The van der Waals surface area contributed by atoms with E-state index in [2.05, 4.69) is 157 Å². The first-order valence-electron chi connectivity index (χ1n) is 12.2. The van der Waals surface area contributed by atoms with Crippen molar-refractivity contribution in [3.8, 4) is 11.1 Å². The summed E-state index contributed by atoms with van der Waals surface area (Å²) in [5.74, 6) is 0.857. The van der Waals surface area contributed by atoms with Gasteiger partial charge in [-0.1, -0.05) is 115 Å². The maximum Gasteiger partial charge on any atom is 0.0462 e. The lowest BCUT2D eigenvalue weighted by atomic mass is 9.77. The SMILES string of the molecule is C1=CC2C=CC=C(c3ccc(N(c4ccccc4)c4ccc(-c5ccccc5)cc4)cc3)[C@H]2C=C1. The third-order valence-corrected chi connectivity index (χ3v) is 6.85. The maximum atomic E-state index is 2.32. The second kappa shape index (κ2) is 9.48. The van der Waals surface area contributed by atoms with Crippen LogP contribution >= 0.6 is 0 Å². The number of allylic oxidation sites excluding steroid dienone is 8. The molecule has 0 saturated carbocycles. The predicted molar refractivity (Wildman–Crippen MR) is 149 cm³/mol. The monoisotopic (exact) mass is 449 g/mol. The van der Waals surface area contributed by atoms with Crippen molar-refractivity contribution < 1.29 is 0 Å². The number of para-hydroxylation sites is 1. The van der Waals surface area contributed by atoms with E-state index >= 15 is 0 Å². The summed E-state index contributed by atoms with van der Waals surface area (Å²) < 4.78 is 0. The molecule has 2 aliphatic rings. The van der Waals surface area contributed by atoms with E-state index < -0.39 is 0 Å². The van der Waals surface area contributed by atoms with E-state index in [1.165, 1.54) is 22.3 Å². The molecule has 4 aromatic rings. The molecule has 0 amide bonds. The molecule has 0 N–H and O–H groups in total. The summed E-state index contributed by atoms with van der Waals surface area (Å²) in [6.07, 6.45) is 15.7. The van der Waals surface area contributed by atoms with Crippen LogP contribution in [0.1, 0.15) is 5.56 Å². The van der Waals surface area contributed by atoms with Crippen LogP contribution in [0.25, 0.3) is 16.7 Å². The molecule has 6 rings (SSSR count). The van der Waals surface area contributed by atoms with Crippen LogP contribution in [0.5, 0.6) is 0 Å². The van der Waals surface area contributed by atoms with E-state index in [-0.39, 0.29) is 0 Å². The molecule has 2 aliphatic carbocycles. The Morgan fingerprint density at radius 1 is 0.429 bits per heavy atom. The Morgan fingerprint density at radius 3 is 1.63 bits per heavy atom. The molecule has 2 atom stereocenters. The highest BCUT2D eigenvalue weighted by atomic mass is 15.1. The maximum absolute atomic E-state index is 2.32. The smallest absolute Gasteiger partial charge is 0.0462 e. The topological polar surface area (TPSA) is 3.24 Å². The zero-order valence-electron chi connectivity index (χ0n) is 19.5. The molecule has 0 radical (unpaired) electrons. The molecule has 0 aromatic heterocycles. The third kappa shape index (κ3) is 4.29. The normalized spacial score (nSPS) is 18.1. The quantitative estimate of drug-likeness (QED) is 0.294. The van der Waals surface area contributed by atoms with Crippen molar-refractivity contribution in [3.63, 3.8) is 0 Å². The number of hydrogen-bond donors (Lipinski definition) is 0. The average Bonchev–Trinajstić information content (AvgIpc) is 2.95. The van der Waals surface area contributed by atoms with Gasteiger partial charge in [0.15, 0.2) is 0 Å². The van der Waals surface area contributed by atoms with Crippen molar-refractivity contribution in [3.05, 3.63) is 157 Å². The number of anilines is 3. The van der Waals surface area contributed by atoms with E-state index in [0.717, 1.165) is 17.1 Å². The summed E-state index contributed by atoms with van der Waals surface area (Å²) in [6.45, 7) is 0. The number of hydrogen-bond acceptors (Lipinski definition) is 1. The average molecular weight is 450 g/mol. The van der Waals surface area contributed by atoms with Crippen LogP contribution in [0.4, 0.5) is 17.1 Å². The predicted octanol–water partition coefficient (Wildman–Crippen LogP) is 9.13. The minimum absolute atomic E-state index is 0.409. The summed E-state index contributed by atoms with van der Waals surface area (Å²) in [5.41, 5.74) is 8.55. The van der Waals surface area contributed by atoms with Crippen molar-refractivity contribution in [2.45, 2.75) is 0 Å². The summed E-state index contributed by atoms with van der Waals surface area (Å²) >= 11 is 0. The van der Waals surface area contributed by atoms with Gasteiger partial charge in [-0.05, 0) is 58.7 Å². The molecule has 0 heterocycles. The first kappa shape index (κ1) is 21.2. The Labute approximate surface area is 207 Å². The van der Waals surface area contributed by atoms with E-state index in [4.69, 9.17) is 0 Å². The standard InChI is InChI=1S/C34H27N/c1-3-10-26(11-4-1)27-18-22-31(23-19-27)35(30-14-5-2-6-15-30)32-24-20-29(21-25-32)34-17-9-13-28-12-7-8-16-33(28)34/h1-25,28,33H/t28?,33-/m0/s1. The number of nitrogens with zero attached hydrogens (tertiary/aromatic N) is 1. The molecular formula is C34H27N. The first-order valence-corrected chi connectivity index (χ1v) is 12.2. The fourth-order valence-corrected chi connectivity index (χ4v) is 5.07. The summed E-state index contributed by atoms with van der Waals surface area (Å²) in [6, 6.07) is 38.9. The van der Waals surface area contributed by atoms with Crippen LogP contribution in [-0.4, -0.2) is 0 Å². The second-order valence-corrected chi connectivity index (χ2v) is 9.01. The summed E-state index contributed by atoms with van der Waals surface area (Å²) in [7, 11) is 0. The number of fused-ring (bicyclic) bond motifs is 1. The van der Waals surface area contributed by atoms with Gasteiger partial charge in [0.1, 0.15) is 0 Å². The van der Waals surface area contributed by atoms with Crippen molar-refractivity contribution >= 4 is 22.6 Å². The van der Waals surface area contributed by atoms with E-state index in [0.29, 0.717) is 11.8 Å². The highest BCUT2D eigenvalue weighted by molar-refractivity contribution is 5.80. The molecule has 0 aliphatic heterocycles. The van der Waals surface area contributed by atoms with E-state index in [9.17, 15) is 0 Å². The Kier molecular flexibility index (Phi) is 5.74. The van der Waals surface area contributed by atoms with E-state index in [1.807, 2.05) is 0 Å². The molecule has 1 heteroatoms. The summed E-state index contributed by atoms with van der Waals surface area (Å²) in [4.78, 5) is 2.32. The Morgan fingerprint density at radius 2 is 0.943 bits per heavy atom. The zero-order valence-corrected chi connectivity index (χ0v) is 19.5. The Hall–Kier alpha value is -4.36. The minimum atomic E-state index is 0.409. The Bertz CT molecular complexity index is 1410. The lowest BCUT2D eigenvalue weighted by Crippen LogP contribution is -2.15. The van der Waals surface area contributed by atoms with Crippen LogP contribution in [0.3, 0.4) is 0 Å². The highest BCUT2D eigenvalue weighted by Crippen LogP contribution is 2.39. The molecule has 0 saturated heterocycles. The van der Waals surface area contributed by atoms with Gasteiger partial charge in [0, 0.05) is 28.9 Å². The molecule has 1 unspecified atom stereocenters. The van der Waals surface area contributed by atoms with Crippen molar-refractivity contribution in [1.29, 1.82) is 0 Å². The first-order chi connectivity index (χ1) is 17.4. The van der Waals surface area contributed by atoms with Crippen LogP contribution in [0.15, 0.2) is 152 Å².